The molecule has 0 aliphatic heterocycles. The molecule has 6 aromatic rings. The molecule has 0 bridgehead atoms. The summed E-state index contributed by atoms with van der Waals surface area (Å²) < 4.78 is 24.1. The molecule has 0 saturated heterocycles. The number of fused-ring (bicyclic) bond motifs is 1. The molecule has 6 rings (SSSR count). The normalized spacial score (nSPS) is 10.3. The summed E-state index contributed by atoms with van der Waals surface area (Å²) in [5, 5.41) is 31.4. The highest BCUT2D eigenvalue weighted by molar-refractivity contribution is 6.32. The summed E-state index contributed by atoms with van der Waals surface area (Å²) in [6.45, 7) is 0. The SMILES string of the molecule is N#Cc1c(Cl)cccc1Oc1cccc(Oc2cccc(Oc3ccc4ccc(Oc5cccc(Cl)c5C#N)cc4c3)c2C#N)c1. The van der Waals surface area contributed by atoms with E-state index in [9.17, 15) is 15.8 Å². The lowest BCUT2D eigenvalue weighted by Crippen LogP contribution is -1.94. The second-order valence-electron chi connectivity index (χ2n) is 9.74. The number of halogens is 2. The number of hydrogen-bond acceptors (Lipinski definition) is 7. The first kappa shape index (κ1) is 29.9. The second kappa shape index (κ2) is 13.2. The molecular weight excluding hydrogens is 621 g/mol. The smallest absolute Gasteiger partial charge is 0.149 e. The standard InChI is InChI=1S/C37H19Cl2N3O4/c38-32-7-2-9-34(29(32)20-40)43-25-5-1-6-26(19-25)44-36-11-4-12-37(31(36)22-42)46-28-16-14-23-13-15-27(17-24(23)18-28)45-35-10-3-8-33(39)30(35)21-41/h1-19H. The van der Waals surface area contributed by atoms with Gasteiger partial charge in [0, 0.05) is 6.07 Å². The molecule has 46 heavy (non-hydrogen) atoms. The largest absolute Gasteiger partial charge is 0.456 e. The van der Waals surface area contributed by atoms with Crippen LogP contribution in [0.4, 0.5) is 0 Å². The third-order valence-corrected chi connectivity index (χ3v) is 7.40. The van der Waals surface area contributed by atoms with Crippen LogP contribution in [0.5, 0.6) is 46.0 Å². The fraction of sp³-hybridized carbons (Fsp3) is 0. The molecule has 220 valence electrons. The monoisotopic (exact) mass is 639 g/mol. The van der Waals surface area contributed by atoms with E-state index in [0.717, 1.165) is 10.8 Å². The van der Waals surface area contributed by atoms with Crippen molar-refractivity contribution in [3.05, 3.63) is 142 Å². The van der Waals surface area contributed by atoms with Crippen molar-refractivity contribution in [2.45, 2.75) is 0 Å². The molecule has 0 aromatic heterocycles. The molecule has 0 aliphatic carbocycles. The van der Waals surface area contributed by atoms with Crippen molar-refractivity contribution in [2.75, 3.05) is 0 Å². The summed E-state index contributed by atoms with van der Waals surface area (Å²) >= 11 is 12.3. The van der Waals surface area contributed by atoms with Crippen LogP contribution in [0, 0.1) is 34.0 Å². The summed E-state index contributed by atoms with van der Waals surface area (Å²) in [6.07, 6.45) is 0. The first-order valence-electron chi connectivity index (χ1n) is 13.7. The van der Waals surface area contributed by atoms with Crippen molar-refractivity contribution in [3.63, 3.8) is 0 Å². The van der Waals surface area contributed by atoms with Crippen molar-refractivity contribution < 1.29 is 18.9 Å². The second-order valence-corrected chi connectivity index (χ2v) is 10.6. The zero-order valence-electron chi connectivity index (χ0n) is 23.7. The van der Waals surface area contributed by atoms with Gasteiger partial charge in [0.05, 0.1) is 10.0 Å². The Kier molecular flexibility index (Phi) is 8.59. The molecule has 9 heteroatoms. The van der Waals surface area contributed by atoms with Crippen LogP contribution in [-0.2, 0) is 0 Å². The number of rotatable bonds is 8. The van der Waals surface area contributed by atoms with E-state index in [2.05, 4.69) is 12.1 Å². The third-order valence-electron chi connectivity index (χ3n) is 6.77. The van der Waals surface area contributed by atoms with Crippen LogP contribution in [0.2, 0.25) is 10.0 Å². The number of nitrogens with zero attached hydrogens (tertiary/aromatic N) is 3. The molecule has 0 unspecified atom stereocenters. The highest BCUT2D eigenvalue weighted by atomic mass is 35.5. The Morgan fingerprint density at radius 1 is 0.391 bits per heavy atom. The van der Waals surface area contributed by atoms with Crippen LogP contribution in [-0.4, -0.2) is 0 Å². The van der Waals surface area contributed by atoms with E-state index in [1.165, 1.54) is 0 Å². The average Bonchev–Trinajstić information content (AvgIpc) is 3.05. The van der Waals surface area contributed by atoms with Crippen molar-refractivity contribution in [1.82, 2.24) is 0 Å². The van der Waals surface area contributed by atoms with Gasteiger partial charge < -0.3 is 18.9 Å². The van der Waals surface area contributed by atoms with Gasteiger partial charge in [-0.2, -0.15) is 15.8 Å². The van der Waals surface area contributed by atoms with Gasteiger partial charge in [-0.05, 0) is 83.6 Å². The minimum absolute atomic E-state index is 0.192. The maximum atomic E-state index is 10.1. The lowest BCUT2D eigenvalue weighted by atomic mass is 10.1. The number of nitriles is 3. The van der Waals surface area contributed by atoms with Crippen LogP contribution >= 0.6 is 23.2 Å². The zero-order valence-corrected chi connectivity index (χ0v) is 25.2. The van der Waals surface area contributed by atoms with E-state index in [1.54, 1.807) is 91.0 Å². The van der Waals surface area contributed by atoms with Crippen LogP contribution in [0.15, 0.2) is 115 Å². The molecule has 6 aromatic carbocycles. The van der Waals surface area contributed by atoms with Gasteiger partial charge >= 0.3 is 0 Å². The first-order valence-corrected chi connectivity index (χ1v) is 14.5. The topological polar surface area (TPSA) is 108 Å². The van der Waals surface area contributed by atoms with Gasteiger partial charge in [-0.3, -0.25) is 0 Å². The third kappa shape index (κ3) is 6.36. The minimum atomic E-state index is 0.192. The van der Waals surface area contributed by atoms with Crippen LogP contribution in [0.25, 0.3) is 10.8 Å². The molecule has 0 fully saturated rings. The Labute approximate surface area is 274 Å². The van der Waals surface area contributed by atoms with Crippen molar-refractivity contribution >= 4 is 34.0 Å². The van der Waals surface area contributed by atoms with E-state index in [1.807, 2.05) is 30.3 Å². The lowest BCUT2D eigenvalue weighted by Gasteiger charge is -2.14. The van der Waals surface area contributed by atoms with E-state index in [0.29, 0.717) is 45.3 Å². The zero-order chi connectivity index (χ0) is 32.0. The van der Waals surface area contributed by atoms with E-state index in [-0.39, 0.29) is 27.5 Å². The van der Waals surface area contributed by atoms with Crippen molar-refractivity contribution in [2.24, 2.45) is 0 Å². The minimum Gasteiger partial charge on any atom is -0.456 e. The number of hydrogen-bond donors (Lipinski definition) is 0. The van der Waals surface area contributed by atoms with E-state index in [4.69, 9.17) is 42.1 Å². The fourth-order valence-corrected chi connectivity index (χ4v) is 5.04. The Morgan fingerprint density at radius 2 is 0.761 bits per heavy atom. The van der Waals surface area contributed by atoms with Gasteiger partial charge in [0.1, 0.15) is 80.9 Å². The van der Waals surface area contributed by atoms with Crippen molar-refractivity contribution in [3.8, 4) is 64.2 Å². The predicted molar refractivity (Wildman–Crippen MR) is 174 cm³/mol. The predicted octanol–water partition coefficient (Wildman–Crippen LogP) is 10.9. The van der Waals surface area contributed by atoms with Gasteiger partial charge in [0.2, 0.25) is 0 Å². The summed E-state index contributed by atoms with van der Waals surface area (Å²) in [6, 6.07) is 39.2. The van der Waals surface area contributed by atoms with Gasteiger partial charge in [-0.25, -0.2) is 0 Å². The highest BCUT2D eigenvalue weighted by Gasteiger charge is 2.15. The molecular formula is C37H19Cl2N3O4. The maximum Gasteiger partial charge on any atom is 0.149 e. The Morgan fingerprint density at radius 3 is 1.20 bits per heavy atom. The summed E-state index contributed by atoms with van der Waals surface area (Å²) in [5.74, 6) is 3.07. The number of ether oxygens (including phenoxy) is 4. The number of benzene rings is 6. The van der Waals surface area contributed by atoms with Crippen LogP contribution in [0.3, 0.4) is 0 Å². The molecule has 0 spiro atoms. The van der Waals surface area contributed by atoms with Crippen molar-refractivity contribution in [1.29, 1.82) is 15.8 Å². The maximum absolute atomic E-state index is 10.1. The summed E-state index contributed by atoms with van der Waals surface area (Å²) in [5.41, 5.74) is 0.664. The first-order chi connectivity index (χ1) is 22.4. The molecule has 0 atom stereocenters. The molecule has 7 nitrogen and oxygen atoms in total. The Bertz CT molecular complexity index is 2250. The molecule has 0 amide bonds. The van der Waals surface area contributed by atoms with Gasteiger partial charge in [0.15, 0.2) is 0 Å². The molecule has 0 radical (unpaired) electrons. The molecule has 0 aliphatic rings. The lowest BCUT2D eigenvalue weighted by molar-refractivity contribution is 0.449. The van der Waals surface area contributed by atoms with Gasteiger partial charge in [-0.15, -0.1) is 0 Å². The molecule has 0 heterocycles. The fourth-order valence-electron chi connectivity index (χ4n) is 4.63. The Hall–Kier alpha value is -6.17. The van der Waals surface area contributed by atoms with Gasteiger partial charge in [0.25, 0.3) is 0 Å². The average molecular weight is 640 g/mol. The summed E-state index contributed by atoms with van der Waals surface area (Å²) in [4.78, 5) is 0. The Balaban J connectivity index is 1.24. The van der Waals surface area contributed by atoms with Crippen LogP contribution in [0.1, 0.15) is 16.7 Å². The molecule has 0 N–H and O–H groups in total. The van der Waals surface area contributed by atoms with Crippen LogP contribution < -0.4 is 18.9 Å². The van der Waals surface area contributed by atoms with E-state index >= 15 is 0 Å². The summed E-state index contributed by atoms with van der Waals surface area (Å²) in [7, 11) is 0. The van der Waals surface area contributed by atoms with E-state index < -0.39 is 0 Å². The highest BCUT2D eigenvalue weighted by Crippen LogP contribution is 2.38. The van der Waals surface area contributed by atoms with Gasteiger partial charge in [-0.1, -0.05) is 59.6 Å². The molecule has 0 saturated carbocycles. The quantitative estimate of drug-likeness (QED) is 0.163.